The lowest BCUT2D eigenvalue weighted by molar-refractivity contribution is 0.503. The fourth-order valence-corrected chi connectivity index (χ4v) is 3.60. The van der Waals surface area contributed by atoms with Crippen molar-refractivity contribution in [3.63, 3.8) is 0 Å². The quantitative estimate of drug-likeness (QED) is 0.928. The van der Waals surface area contributed by atoms with Crippen molar-refractivity contribution in [3.05, 3.63) is 59.2 Å². The van der Waals surface area contributed by atoms with Gasteiger partial charge in [0.1, 0.15) is 5.82 Å². The van der Waals surface area contributed by atoms with E-state index < -0.39 is 0 Å². The SMILES string of the molecule is Cc1ccncc1CNC1CCSc2ccc(F)cc21. The average molecular weight is 288 g/mol. The van der Waals surface area contributed by atoms with Crippen molar-refractivity contribution in [2.75, 3.05) is 5.75 Å². The summed E-state index contributed by atoms with van der Waals surface area (Å²) in [6.07, 6.45) is 4.73. The fraction of sp³-hybridized carbons (Fsp3) is 0.312. The van der Waals surface area contributed by atoms with Crippen LogP contribution in [0, 0.1) is 12.7 Å². The zero-order valence-corrected chi connectivity index (χ0v) is 12.2. The lowest BCUT2D eigenvalue weighted by Gasteiger charge is -2.26. The maximum Gasteiger partial charge on any atom is 0.123 e. The lowest BCUT2D eigenvalue weighted by atomic mass is 10.0. The van der Waals surface area contributed by atoms with Crippen LogP contribution in [0.3, 0.4) is 0 Å². The molecule has 2 heterocycles. The number of halogens is 1. The molecule has 2 nitrogen and oxygen atoms in total. The Labute approximate surface area is 122 Å². The molecule has 20 heavy (non-hydrogen) atoms. The molecule has 0 saturated carbocycles. The zero-order valence-electron chi connectivity index (χ0n) is 11.4. The standard InChI is InChI=1S/C16H17FN2S/c1-11-4-6-18-9-12(11)10-19-15-5-7-20-16-3-2-13(17)8-14(15)16/h2-4,6,8-9,15,19H,5,7,10H2,1H3. The summed E-state index contributed by atoms with van der Waals surface area (Å²) in [6.45, 7) is 2.86. The van der Waals surface area contributed by atoms with Crippen molar-refractivity contribution in [2.45, 2.75) is 30.8 Å². The van der Waals surface area contributed by atoms with Crippen LogP contribution in [0.2, 0.25) is 0 Å². The van der Waals surface area contributed by atoms with Crippen LogP contribution in [0.25, 0.3) is 0 Å². The predicted molar refractivity (Wildman–Crippen MR) is 80.3 cm³/mol. The molecule has 0 radical (unpaired) electrons. The van der Waals surface area contributed by atoms with Gasteiger partial charge in [0.2, 0.25) is 0 Å². The van der Waals surface area contributed by atoms with Gasteiger partial charge in [-0.1, -0.05) is 0 Å². The van der Waals surface area contributed by atoms with Gasteiger partial charge >= 0.3 is 0 Å². The molecule has 1 unspecified atom stereocenters. The molecule has 0 aliphatic carbocycles. The van der Waals surface area contributed by atoms with E-state index >= 15 is 0 Å². The first-order valence-electron chi connectivity index (χ1n) is 6.79. The summed E-state index contributed by atoms with van der Waals surface area (Å²) < 4.78 is 13.4. The van der Waals surface area contributed by atoms with Crippen molar-refractivity contribution < 1.29 is 4.39 Å². The Kier molecular flexibility index (Phi) is 4.03. The molecule has 1 aromatic carbocycles. The Balaban J connectivity index is 1.77. The van der Waals surface area contributed by atoms with Crippen molar-refractivity contribution in [3.8, 4) is 0 Å². The average Bonchev–Trinajstić information content (AvgIpc) is 2.46. The number of hydrogen-bond acceptors (Lipinski definition) is 3. The Hall–Kier alpha value is -1.39. The molecule has 104 valence electrons. The summed E-state index contributed by atoms with van der Waals surface area (Å²) in [5, 5.41) is 3.54. The van der Waals surface area contributed by atoms with E-state index in [1.807, 2.05) is 18.3 Å². The Morgan fingerprint density at radius 2 is 2.30 bits per heavy atom. The number of thioether (sulfide) groups is 1. The smallest absolute Gasteiger partial charge is 0.123 e. The molecule has 1 aliphatic rings. The molecule has 1 N–H and O–H groups in total. The molecule has 0 saturated heterocycles. The fourth-order valence-electron chi connectivity index (χ4n) is 2.49. The number of rotatable bonds is 3. The third-order valence-electron chi connectivity index (χ3n) is 3.70. The van der Waals surface area contributed by atoms with Crippen LogP contribution in [0.5, 0.6) is 0 Å². The largest absolute Gasteiger partial charge is 0.306 e. The Bertz CT molecular complexity index is 615. The van der Waals surface area contributed by atoms with E-state index in [9.17, 15) is 4.39 Å². The minimum absolute atomic E-state index is 0.157. The number of nitrogens with zero attached hydrogens (tertiary/aromatic N) is 1. The first kappa shape index (κ1) is 13.6. The number of fused-ring (bicyclic) bond motifs is 1. The number of aryl methyl sites for hydroxylation is 1. The van der Waals surface area contributed by atoms with Gasteiger partial charge in [-0.3, -0.25) is 4.98 Å². The van der Waals surface area contributed by atoms with Crippen molar-refractivity contribution in [1.82, 2.24) is 10.3 Å². The molecule has 0 fully saturated rings. The van der Waals surface area contributed by atoms with Gasteiger partial charge < -0.3 is 5.32 Å². The summed E-state index contributed by atoms with van der Waals surface area (Å²) in [6, 6.07) is 7.33. The molecule has 0 bridgehead atoms. The number of hydrogen-bond donors (Lipinski definition) is 1. The second kappa shape index (κ2) is 5.94. The monoisotopic (exact) mass is 288 g/mol. The second-order valence-electron chi connectivity index (χ2n) is 5.05. The van der Waals surface area contributed by atoms with E-state index in [2.05, 4.69) is 17.2 Å². The van der Waals surface area contributed by atoms with Gasteiger partial charge in [0.05, 0.1) is 0 Å². The highest BCUT2D eigenvalue weighted by molar-refractivity contribution is 7.99. The number of pyridine rings is 1. The summed E-state index contributed by atoms with van der Waals surface area (Å²) in [7, 11) is 0. The molecule has 2 aromatic rings. The van der Waals surface area contributed by atoms with Gasteiger partial charge in [0.15, 0.2) is 0 Å². The number of nitrogens with one attached hydrogen (secondary N) is 1. The zero-order chi connectivity index (χ0) is 13.9. The summed E-state index contributed by atoms with van der Waals surface area (Å²) in [5.74, 6) is 0.915. The molecule has 0 amide bonds. The second-order valence-corrected chi connectivity index (χ2v) is 6.19. The molecular weight excluding hydrogens is 271 g/mol. The van der Waals surface area contributed by atoms with Gasteiger partial charge in [-0.05, 0) is 60.1 Å². The molecule has 1 atom stereocenters. The molecule has 4 heteroatoms. The highest BCUT2D eigenvalue weighted by Crippen LogP contribution is 2.36. The van der Waals surface area contributed by atoms with Gasteiger partial charge in [-0.15, -0.1) is 11.8 Å². The van der Waals surface area contributed by atoms with Crippen LogP contribution in [-0.2, 0) is 6.54 Å². The first-order chi connectivity index (χ1) is 9.74. The normalized spacial score (nSPS) is 17.8. The molecule has 3 rings (SSSR count). The highest BCUT2D eigenvalue weighted by Gasteiger charge is 2.20. The molecule has 1 aliphatic heterocycles. The van der Waals surface area contributed by atoms with E-state index in [4.69, 9.17) is 0 Å². The maximum atomic E-state index is 13.4. The lowest BCUT2D eigenvalue weighted by Crippen LogP contribution is -2.24. The Morgan fingerprint density at radius 3 is 3.15 bits per heavy atom. The first-order valence-corrected chi connectivity index (χ1v) is 7.78. The van der Waals surface area contributed by atoms with E-state index in [1.54, 1.807) is 30.1 Å². The van der Waals surface area contributed by atoms with Crippen LogP contribution < -0.4 is 5.32 Å². The molecular formula is C16H17FN2S. The van der Waals surface area contributed by atoms with E-state index in [0.717, 1.165) is 24.3 Å². The van der Waals surface area contributed by atoms with Crippen molar-refractivity contribution in [2.24, 2.45) is 0 Å². The summed E-state index contributed by atoms with van der Waals surface area (Å²) in [4.78, 5) is 5.36. The van der Waals surface area contributed by atoms with Crippen LogP contribution in [0.15, 0.2) is 41.6 Å². The Morgan fingerprint density at radius 1 is 1.40 bits per heavy atom. The highest BCUT2D eigenvalue weighted by atomic mass is 32.2. The van der Waals surface area contributed by atoms with Crippen LogP contribution in [-0.4, -0.2) is 10.7 Å². The van der Waals surface area contributed by atoms with Crippen molar-refractivity contribution in [1.29, 1.82) is 0 Å². The topological polar surface area (TPSA) is 24.9 Å². The predicted octanol–water partition coefficient (Wildman–Crippen LogP) is 3.86. The van der Waals surface area contributed by atoms with E-state index in [-0.39, 0.29) is 11.9 Å². The third kappa shape index (κ3) is 2.86. The minimum atomic E-state index is -0.157. The van der Waals surface area contributed by atoms with Crippen LogP contribution in [0.4, 0.5) is 4.39 Å². The van der Waals surface area contributed by atoms with Gasteiger partial charge in [0, 0.05) is 29.9 Å². The molecule has 0 spiro atoms. The number of benzene rings is 1. The third-order valence-corrected chi connectivity index (χ3v) is 4.82. The maximum absolute atomic E-state index is 13.4. The van der Waals surface area contributed by atoms with Crippen molar-refractivity contribution >= 4 is 11.8 Å². The van der Waals surface area contributed by atoms with Gasteiger partial charge in [-0.25, -0.2) is 4.39 Å². The van der Waals surface area contributed by atoms with Crippen LogP contribution in [0.1, 0.15) is 29.2 Å². The minimum Gasteiger partial charge on any atom is -0.306 e. The van der Waals surface area contributed by atoms with Crippen LogP contribution >= 0.6 is 11.8 Å². The van der Waals surface area contributed by atoms with E-state index in [1.165, 1.54) is 16.0 Å². The summed E-state index contributed by atoms with van der Waals surface area (Å²) in [5.41, 5.74) is 3.52. The van der Waals surface area contributed by atoms with E-state index in [0.29, 0.717) is 0 Å². The van der Waals surface area contributed by atoms with Gasteiger partial charge in [-0.2, -0.15) is 0 Å². The van der Waals surface area contributed by atoms with Gasteiger partial charge in [0.25, 0.3) is 0 Å². The number of aromatic nitrogens is 1. The molecule has 1 aromatic heterocycles. The summed E-state index contributed by atoms with van der Waals surface area (Å²) >= 11 is 1.81.